The zero-order chi connectivity index (χ0) is 15.0. The molecule has 1 aromatic carbocycles. The smallest absolute Gasteiger partial charge is 0.376 e. The fourth-order valence-electron chi connectivity index (χ4n) is 1.77. The van der Waals surface area contributed by atoms with E-state index >= 15 is 0 Å². The molecule has 0 aliphatic rings. The van der Waals surface area contributed by atoms with Crippen molar-refractivity contribution < 1.29 is 24.8 Å². The van der Waals surface area contributed by atoms with Gasteiger partial charge in [0.05, 0.1) is 0 Å². The normalized spacial score (nSPS) is 12.1. The van der Waals surface area contributed by atoms with Crippen molar-refractivity contribution in [1.82, 2.24) is 0 Å². The summed E-state index contributed by atoms with van der Waals surface area (Å²) in [5.74, 6) is -1.23. The second-order valence-electron chi connectivity index (χ2n) is 4.83. The Labute approximate surface area is 119 Å². The summed E-state index contributed by atoms with van der Waals surface area (Å²) in [5, 5.41) is 18.6. The quantitative estimate of drug-likeness (QED) is 0.433. The Morgan fingerprint density at radius 2 is 2.00 bits per heavy atom. The molecule has 5 nitrogen and oxygen atoms in total. The van der Waals surface area contributed by atoms with Crippen LogP contribution in [0.3, 0.4) is 0 Å². The van der Waals surface area contributed by atoms with Crippen LogP contribution in [0.5, 0.6) is 11.5 Å². The zero-order valence-corrected chi connectivity index (χ0v) is 12.0. The van der Waals surface area contributed by atoms with Gasteiger partial charge in [-0.15, -0.1) is 0 Å². The number of carbonyl (C=O) groups is 1. The van der Waals surface area contributed by atoms with Gasteiger partial charge in [-0.3, -0.25) is 4.89 Å². The van der Waals surface area contributed by atoms with Gasteiger partial charge in [0.1, 0.15) is 23.2 Å². The highest BCUT2D eigenvalue weighted by Crippen LogP contribution is 2.23. The zero-order valence-electron chi connectivity index (χ0n) is 12.0. The third kappa shape index (κ3) is 5.48. The summed E-state index contributed by atoms with van der Waals surface area (Å²) in [5.41, 5.74) is -0.0408. The molecule has 0 saturated carbocycles. The first kappa shape index (κ1) is 16.3. The third-order valence-corrected chi connectivity index (χ3v) is 2.95. The fourth-order valence-corrected chi connectivity index (χ4v) is 1.77. The molecule has 0 amide bonds. The molecule has 0 radical (unpaired) electrons. The second kappa shape index (κ2) is 8.43. The number of aromatic hydroxyl groups is 2. The number of phenolic OH excluding ortho intramolecular Hbond substituents is 2. The molecule has 20 heavy (non-hydrogen) atoms. The van der Waals surface area contributed by atoms with Gasteiger partial charge >= 0.3 is 5.97 Å². The van der Waals surface area contributed by atoms with E-state index in [1.54, 1.807) is 0 Å². The van der Waals surface area contributed by atoms with Crippen LogP contribution in [-0.4, -0.2) is 22.3 Å². The SMILES string of the molecule is CCCCCC[C@@H](C)OOC(=O)c1ccc(O)cc1O. The van der Waals surface area contributed by atoms with Crippen LogP contribution in [0.2, 0.25) is 0 Å². The predicted octanol–water partition coefficient (Wildman–Crippen LogP) is 3.55. The van der Waals surface area contributed by atoms with Gasteiger partial charge < -0.3 is 10.2 Å². The van der Waals surface area contributed by atoms with Crippen molar-refractivity contribution in [2.45, 2.75) is 52.1 Å². The monoisotopic (exact) mass is 282 g/mol. The van der Waals surface area contributed by atoms with Crippen LogP contribution >= 0.6 is 0 Å². The maximum Gasteiger partial charge on any atom is 0.376 e. The number of carbonyl (C=O) groups excluding carboxylic acids is 1. The van der Waals surface area contributed by atoms with Gasteiger partial charge in [0.15, 0.2) is 0 Å². The Balaban J connectivity index is 2.35. The number of rotatable bonds is 8. The molecule has 0 aliphatic heterocycles. The lowest BCUT2D eigenvalue weighted by atomic mass is 10.1. The number of phenols is 2. The Morgan fingerprint density at radius 1 is 1.25 bits per heavy atom. The average Bonchev–Trinajstić information content (AvgIpc) is 2.41. The standard InChI is InChI=1S/C15H22O5/c1-3-4-5-6-7-11(2)19-20-15(18)13-9-8-12(16)10-14(13)17/h8-11,16-17H,3-7H2,1-2H3/t11-/m1/s1. The second-order valence-corrected chi connectivity index (χ2v) is 4.83. The van der Waals surface area contributed by atoms with E-state index in [1.807, 2.05) is 6.92 Å². The molecule has 1 rings (SSSR count). The Bertz CT molecular complexity index is 430. The van der Waals surface area contributed by atoms with E-state index in [4.69, 9.17) is 9.99 Å². The fraction of sp³-hybridized carbons (Fsp3) is 0.533. The molecule has 0 aliphatic carbocycles. The van der Waals surface area contributed by atoms with Crippen LogP contribution in [-0.2, 0) is 9.78 Å². The molecular weight excluding hydrogens is 260 g/mol. The maximum absolute atomic E-state index is 11.7. The summed E-state index contributed by atoms with van der Waals surface area (Å²) < 4.78 is 0. The van der Waals surface area contributed by atoms with Crippen molar-refractivity contribution in [1.29, 1.82) is 0 Å². The Morgan fingerprint density at radius 3 is 2.65 bits per heavy atom. The highest BCUT2D eigenvalue weighted by atomic mass is 17.2. The lowest BCUT2D eigenvalue weighted by Crippen LogP contribution is -2.13. The van der Waals surface area contributed by atoms with Crippen LogP contribution in [0.25, 0.3) is 0 Å². The van der Waals surface area contributed by atoms with Gasteiger partial charge in [0.25, 0.3) is 0 Å². The lowest BCUT2D eigenvalue weighted by Gasteiger charge is -2.11. The van der Waals surface area contributed by atoms with E-state index in [-0.39, 0.29) is 23.2 Å². The van der Waals surface area contributed by atoms with Crippen LogP contribution in [0.15, 0.2) is 18.2 Å². The van der Waals surface area contributed by atoms with Gasteiger partial charge in [0.2, 0.25) is 0 Å². The summed E-state index contributed by atoms with van der Waals surface area (Å²) in [6.07, 6.45) is 5.15. The molecule has 0 heterocycles. The summed E-state index contributed by atoms with van der Waals surface area (Å²) in [6, 6.07) is 3.65. The van der Waals surface area contributed by atoms with E-state index < -0.39 is 5.97 Å². The number of hydrogen-bond donors (Lipinski definition) is 2. The minimum Gasteiger partial charge on any atom is -0.508 e. The van der Waals surface area contributed by atoms with E-state index in [0.717, 1.165) is 25.3 Å². The molecule has 0 bridgehead atoms. The topological polar surface area (TPSA) is 76.0 Å². The summed E-state index contributed by atoms with van der Waals surface area (Å²) in [6.45, 7) is 3.97. The lowest BCUT2D eigenvalue weighted by molar-refractivity contribution is -0.271. The molecule has 112 valence electrons. The summed E-state index contributed by atoms with van der Waals surface area (Å²) in [7, 11) is 0. The minimum absolute atomic E-state index is 0.0408. The van der Waals surface area contributed by atoms with Crippen molar-refractivity contribution in [2.24, 2.45) is 0 Å². The van der Waals surface area contributed by atoms with Crippen LogP contribution < -0.4 is 0 Å². The molecule has 0 saturated heterocycles. The van der Waals surface area contributed by atoms with Gasteiger partial charge in [-0.1, -0.05) is 32.6 Å². The average molecular weight is 282 g/mol. The molecule has 0 unspecified atom stereocenters. The molecule has 1 aromatic rings. The first-order chi connectivity index (χ1) is 9.54. The highest BCUT2D eigenvalue weighted by Gasteiger charge is 2.15. The van der Waals surface area contributed by atoms with Gasteiger partial charge in [-0.05, 0) is 25.5 Å². The predicted molar refractivity (Wildman–Crippen MR) is 74.5 cm³/mol. The first-order valence-electron chi connectivity index (χ1n) is 6.94. The van der Waals surface area contributed by atoms with Gasteiger partial charge in [-0.25, -0.2) is 4.79 Å². The molecule has 0 aromatic heterocycles. The van der Waals surface area contributed by atoms with Crippen molar-refractivity contribution in [3.63, 3.8) is 0 Å². The number of hydrogen-bond acceptors (Lipinski definition) is 5. The molecule has 0 spiro atoms. The van der Waals surface area contributed by atoms with Crippen LogP contribution in [0, 0.1) is 0 Å². The van der Waals surface area contributed by atoms with Crippen molar-refractivity contribution in [2.75, 3.05) is 0 Å². The number of unbranched alkanes of at least 4 members (excludes halogenated alkanes) is 3. The van der Waals surface area contributed by atoms with E-state index in [9.17, 15) is 9.90 Å². The van der Waals surface area contributed by atoms with Gasteiger partial charge in [0, 0.05) is 6.07 Å². The minimum atomic E-state index is -0.775. The van der Waals surface area contributed by atoms with Gasteiger partial charge in [-0.2, -0.15) is 4.89 Å². The largest absolute Gasteiger partial charge is 0.508 e. The molecule has 5 heteroatoms. The summed E-state index contributed by atoms with van der Waals surface area (Å²) >= 11 is 0. The molecule has 2 N–H and O–H groups in total. The van der Waals surface area contributed by atoms with Crippen LogP contribution in [0.1, 0.15) is 56.3 Å². The van der Waals surface area contributed by atoms with E-state index in [0.29, 0.717) is 0 Å². The Hall–Kier alpha value is -1.75. The van der Waals surface area contributed by atoms with Crippen LogP contribution in [0.4, 0.5) is 0 Å². The highest BCUT2D eigenvalue weighted by molar-refractivity contribution is 5.92. The summed E-state index contributed by atoms with van der Waals surface area (Å²) in [4.78, 5) is 21.4. The maximum atomic E-state index is 11.7. The van der Waals surface area contributed by atoms with E-state index in [1.165, 1.54) is 25.0 Å². The number of benzene rings is 1. The first-order valence-corrected chi connectivity index (χ1v) is 6.94. The van der Waals surface area contributed by atoms with Crippen molar-refractivity contribution >= 4 is 5.97 Å². The third-order valence-electron chi connectivity index (χ3n) is 2.95. The van der Waals surface area contributed by atoms with E-state index in [2.05, 4.69) is 11.8 Å². The molecule has 1 atom stereocenters. The van der Waals surface area contributed by atoms with Crippen molar-refractivity contribution in [3.05, 3.63) is 23.8 Å². The molecular formula is C15H22O5. The Kier molecular flexibility index (Phi) is 6.87. The van der Waals surface area contributed by atoms with Crippen molar-refractivity contribution in [3.8, 4) is 11.5 Å². The molecule has 0 fully saturated rings.